The lowest BCUT2D eigenvalue weighted by Crippen LogP contribution is -1.98. The molecule has 0 aliphatic heterocycles. The highest BCUT2D eigenvalue weighted by molar-refractivity contribution is 5.47. The second-order valence-corrected chi connectivity index (χ2v) is 2.04. The Morgan fingerprint density at radius 2 is 2.10 bits per heavy atom. The van der Waals surface area contributed by atoms with Crippen molar-refractivity contribution in [3.8, 4) is 0 Å². The van der Waals surface area contributed by atoms with Crippen molar-refractivity contribution in [3.63, 3.8) is 0 Å². The van der Waals surface area contributed by atoms with E-state index in [-0.39, 0.29) is 0 Å². The summed E-state index contributed by atoms with van der Waals surface area (Å²) in [5.41, 5.74) is 0. The molecule has 0 bridgehead atoms. The van der Waals surface area contributed by atoms with E-state index in [0.717, 1.165) is 11.6 Å². The molecule has 10 heavy (non-hydrogen) atoms. The lowest BCUT2D eigenvalue weighted by molar-refractivity contribution is 0.777. The van der Waals surface area contributed by atoms with Crippen molar-refractivity contribution < 1.29 is 0 Å². The Hall–Kier alpha value is -1.19. The fourth-order valence-corrected chi connectivity index (χ4v) is 0.823. The third-order valence-corrected chi connectivity index (χ3v) is 1.39. The summed E-state index contributed by atoms with van der Waals surface area (Å²) in [5.74, 6) is 1.89. The van der Waals surface area contributed by atoms with Gasteiger partial charge in [0, 0.05) is 27.2 Å². The molecular formula is C6H12N4. The lowest BCUT2D eigenvalue weighted by atomic mass is 10.6. The highest BCUT2D eigenvalue weighted by Crippen LogP contribution is 2.10. The molecule has 0 atom stereocenters. The average Bonchev–Trinajstić information content (AvgIpc) is 2.30. The van der Waals surface area contributed by atoms with Crippen LogP contribution in [0.15, 0.2) is 6.07 Å². The van der Waals surface area contributed by atoms with Crippen molar-refractivity contribution in [2.75, 3.05) is 24.7 Å². The topological polar surface area (TPSA) is 41.9 Å². The molecule has 4 heteroatoms. The number of nitrogens with zero attached hydrogens (tertiary/aromatic N) is 2. The lowest BCUT2D eigenvalue weighted by Gasteiger charge is -1.95. The predicted octanol–water partition coefficient (Wildman–Crippen LogP) is 0.503. The molecule has 1 aromatic rings. The molecule has 0 spiro atoms. The maximum absolute atomic E-state index is 4.14. The first-order chi connectivity index (χ1) is 4.77. The molecule has 1 aromatic heterocycles. The molecule has 0 aliphatic rings. The number of aryl methyl sites for hydroxylation is 1. The molecule has 0 radical (unpaired) electrons. The third kappa shape index (κ3) is 1.05. The Balaban J connectivity index is 2.92. The van der Waals surface area contributed by atoms with Gasteiger partial charge in [-0.1, -0.05) is 0 Å². The number of aromatic nitrogens is 2. The first-order valence-electron chi connectivity index (χ1n) is 3.17. The molecule has 0 fully saturated rings. The van der Waals surface area contributed by atoms with Gasteiger partial charge in [0.1, 0.15) is 11.6 Å². The SMILES string of the molecule is CNc1cc(NC)n(C)n1. The van der Waals surface area contributed by atoms with Gasteiger partial charge in [0.25, 0.3) is 0 Å². The van der Waals surface area contributed by atoms with Crippen molar-refractivity contribution in [1.29, 1.82) is 0 Å². The average molecular weight is 140 g/mol. The number of hydrogen-bond acceptors (Lipinski definition) is 3. The molecule has 0 aliphatic carbocycles. The minimum absolute atomic E-state index is 0.881. The minimum Gasteiger partial charge on any atom is -0.373 e. The van der Waals surface area contributed by atoms with Crippen molar-refractivity contribution in [2.24, 2.45) is 7.05 Å². The van der Waals surface area contributed by atoms with Gasteiger partial charge in [0.2, 0.25) is 0 Å². The maximum atomic E-state index is 4.14. The zero-order chi connectivity index (χ0) is 7.56. The summed E-state index contributed by atoms with van der Waals surface area (Å²) in [6.07, 6.45) is 0. The van der Waals surface area contributed by atoms with Gasteiger partial charge in [-0.25, -0.2) is 0 Å². The van der Waals surface area contributed by atoms with Crippen molar-refractivity contribution in [1.82, 2.24) is 9.78 Å². The molecule has 1 heterocycles. The van der Waals surface area contributed by atoms with Crippen molar-refractivity contribution >= 4 is 11.6 Å². The monoisotopic (exact) mass is 140 g/mol. The van der Waals surface area contributed by atoms with Crippen LogP contribution in [-0.4, -0.2) is 23.9 Å². The molecule has 0 saturated carbocycles. The van der Waals surface area contributed by atoms with Crippen LogP contribution in [0.25, 0.3) is 0 Å². The van der Waals surface area contributed by atoms with Gasteiger partial charge < -0.3 is 10.6 Å². The first-order valence-corrected chi connectivity index (χ1v) is 3.17. The van der Waals surface area contributed by atoms with Crippen LogP contribution in [0, 0.1) is 0 Å². The van der Waals surface area contributed by atoms with Gasteiger partial charge in [0.15, 0.2) is 0 Å². The second kappa shape index (κ2) is 2.60. The van der Waals surface area contributed by atoms with Crippen LogP contribution in [0.3, 0.4) is 0 Å². The van der Waals surface area contributed by atoms with Crippen LogP contribution in [0.4, 0.5) is 11.6 Å². The first kappa shape index (κ1) is 6.92. The summed E-state index contributed by atoms with van der Waals surface area (Å²) >= 11 is 0. The van der Waals surface area contributed by atoms with E-state index in [4.69, 9.17) is 0 Å². The van der Waals surface area contributed by atoms with Crippen LogP contribution >= 0.6 is 0 Å². The molecule has 0 saturated heterocycles. The van der Waals surface area contributed by atoms with Gasteiger partial charge in [-0.2, -0.15) is 5.10 Å². The van der Waals surface area contributed by atoms with Gasteiger partial charge in [0.05, 0.1) is 0 Å². The minimum atomic E-state index is 0.881. The van der Waals surface area contributed by atoms with Crippen LogP contribution < -0.4 is 10.6 Å². The van der Waals surface area contributed by atoms with E-state index >= 15 is 0 Å². The Morgan fingerprint density at radius 3 is 2.40 bits per heavy atom. The zero-order valence-corrected chi connectivity index (χ0v) is 6.47. The fraction of sp³-hybridized carbons (Fsp3) is 0.500. The zero-order valence-electron chi connectivity index (χ0n) is 6.47. The molecule has 0 unspecified atom stereocenters. The third-order valence-electron chi connectivity index (χ3n) is 1.39. The van der Waals surface area contributed by atoms with E-state index in [9.17, 15) is 0 Å². The molecular weight excluding hydrogens is 128 g/mol. The van der Waals surface area contributed by atoms with E-state index < -0.39 is 0 Å². The number of nitrogens with one attached hydrogen (secondary N) is 2. The van der Waals surface area contributed by atoms with Crippen molar-refractivity contribution in [3.05, 3.63) is 6.07 Å². The summed E-state index contributed by atoms with van der Waals surface area (Å²) in [6, 6.07) is 1.94. The van der Waals surface area contributed by atoms with E-state index in [1.807, 2.05) is 27.2 Å². The van der Waals surface area contributed by atoms with E-state index in [2.05, 4.69) is 15.7 Å². The number of hydrogen-bond donors (Lipinski definition) is 2. The van der Waals surface area contributed by atoms with Crippen LogP contribution in [-0.2, 0) is 7.05 Å². The Bertz CT molecular complexity index is 216. The van der Waals surface area contributed by atoms with Gasteiger partial charge in [-0.15, -0.1) is 0 Å². The quantitative estimate of drug-likeness (QED) is 0.628. The molecule has 1 rings (SSSR count). The fourth-order valence-electron chi connectivity index (χ4n) is 0.823. The summed E-state index contributed by atoms with van der Waals surface area (Å²) in [5, 5.41) is 10.1. The number of rotatable bonds is 2. The van der Waals surface area contributed by atoms with Crippen molar-refractivity contribution in [2.45, 2.75) is 0 Å². The van der Waals surface area contributed by atoms with E-state index in [1.165, 1.54) is 0 Å². The largest absolute Gasteiger partial charge is 0.373 e. The summed E-state index contributed by atoms with van der Waals surface area (Å²) < 4.78 is 1.78. The maximum Gasteiger partial charge on any atom is 0.149 e. The van der Waals surface area contributed by atoms with Gasteiger partial charge in [-0.3, -0.25) is 4.68 Å². The molecule has 2 N–H and O–H groups in total. The number of anilines is 2. The Labute approximate surface area is 60.2 Å². The smallest absolute Gasteiger partial charge is 0.149 e. The van der Waals surface area contributed by atoms with Crippen LogP contribution in [0.1, 0.15) is 0 Å². The normalized spacial score (nSPS) is 9.50. The van der Waals surface area contributed by atoms with Gasteiger partial charge >= 0.3 is 0 Å². The Kier molecular flexibility index (Phi) is 1.80. The molecule has 4 nitrogen and oxygen atoms in total. The van der Waals surface area contributed by atoms with Crippen LogP contribution in [0.5, 0.6) is 0 Å². The highest BCUT2D eigenvalue weighted by Gasteiger charge is 1.98. The van der Waals surface area contributed by atoms with E-state index in [1.54, 1.807) is 4.68 Å². The predicted molar refractivity (Wildman–Crippen MR) is 42.3 cm³/mol. The molecule has 0 aromatic carbocycles. The summed E-state index contributed by atoms with van der Waals surface area (Å²) in [4.78, 5) is 0. The highest BCUT2D eigenvalue weighted by atomic mass is 15.3. The van der Waals surface area contributed by atoms with Gasteiger partial charge in [-0.05, 0) is 0 Å². The summed E-state index contributed by atoms with van der Waals surface area (Å²) in [7, 11) is 5.62. The molecule has 56 valence electrons. The van der Waals surface area contributed by atoms with E-state index in [0.29, 0.717) is 0 Å². The Morgan fingerprint density at radius 1 is 1.40 bits per heavy atom. The summed E-state index contributed by atoms with van der Waals surface area (Å²) in [6.45, 7) is 0. The standard InChI is InChI=1S/C6H12N4/c1-7-5-4-6(8-2)10(3)9-5/h4,8H,1-3H3,(H,7,9). The second-order valence-electron chi connectivity index (χ2n) is 2.04. The van der Waals surface area contributed by atoms with Crippen LogP contribution in [0.2, 0.25) is 0 Å². The molecule has 0 amide bonds.